The minimum atomic E-state index is -0.429. The molecule has 0 aliphatic carbocycles. The molecule has 0 saturated heterocycles. The predicted octanol–water partition coefficient (Wildman–Crippen LogP) is 2.34. The Labute approximate surface area is 99.2 Å². The van der Waals surface area contributed by atoms with Crippen molar-refractivity contribution in [2.45, 2.75) is 6.92 Å². The van der Waals surface area contributed by atoms with Gasteiger partial charge in [-0.2, -0.15) is 0 Å². The van der Waals surface area contributed by atoms with Crippen LogP contribution in [0.1, 0.15) is 16.1 Å². The first-order valence-electron chi connectivity index (χ1n) is 5.19. The number of esters is 1. The summed E-state index contributed by atoms with van der Waals surface area (Å²) in [5, 5.41) is 0.939. The van der Waals surface area contributed by atoms with Crippen LogP contribution in [0.5, 0.6) is 5.75 Å². The third kappa shape index (κ3) is 2.06. The minimum Gasteiger partial charge on any atom is -0.497 e. The lowest BCUT2D eigenvalue weighted by atomic mass is 10.1. The first-order valence-corrected chi connectivity index (χ1v) is 5.19. The topological polar surface area (TPSA) is 48.4 Å². The van der Waals surface area contributed by atoms with Gasteiger partial charge in [0.15, 0.2) is 0 Å². The molecule has 0 radical (unpaired) electrons. The highest BCUT2D eigenvalue weighted by Gasteiger charge is 2.09. The monoisotopic (exact) mass is 231 g/mol. The van der Waals surface area contributed by atoms with Crippen molar-refractivity contribution >= 4 is 16.9 Å². The summed E-state index contributed by atoms with van der Waals surface area (Å²) in [5.41, 5.74) is 2.06. The molecule has 2 aromatic rings. The Hall–Kier alpha value is -2.10. The fourth-order valence-electron chi connectivity index (χ4n) is 1.72. The summed E-state index contributed by atoms with van der Waals surface area (Å²) < 4.78 is 9.83. The number of carbonyl (C=O) groups excluding carboxylic acids is 1. The van der Waals surface area contributed by atoms with E-state index in [9.17, 15) is 4.79 Å². The van der Waals surface area contributed by atoms with Crippen LogP contribution in [-0.4, -0.2) is 25.2 Å². The maximum atomic E-state index is 11.4. The maximum absolute atomic E-state index is 11.4. The van der Waals surface area contributed by atoms with E-state index < -0.39 is 5.97 Å². The molecule has 0 N–H and O–H groups in total. The van der Waals surface area contributed by atoms with Crippen molar-refractivity contribution in [3.05, 3.63) is 35.5 Å². The highest BCUT2D eigenvalue weighted by molar-refractivity contribution is 5.92. The molecule has 0 spiro atoms. The van der Waals surface area contributed by atoms with Crippen LogP contribution >= 0.6 is 0 Å². The smallest absolute Gasteiger partial charge is 0.356 e. The van der Waals surface area contributed by atoms with Gasteiger partial charge >= 0.3 is 5.97 Å². The Balaban J connectivity index is 2.62. The lowest BCUT2D eigenvalue weighted by Crippen LogP contribution is -2.04. The quantitative estimate of drug-likeness (QED) is 0.744. The van der Waals surface area contributed by atoms with E-state index in [1.807, 2.05) is 25.1 Å². The molecule has 2 rings (SSSR count). The SMILES string of the molecule is COC(=O)c1ccc2cc(OC)cc(C)c2n1. The summed E-state index contributed by atoms with van der Waals surface area (Å²) in [4.78, 5) is 15.7. The van der Waals surface area contributed by atoms with Gasteiger partial charge in [0.2, 0.25) is 0 Å². The lowest BCUT2D eigenvalue weighted by molar-refractivity contribution is 0.0594. The van der Waals surface area contributed by atoms with Crippen LogP contribution in [0, 0.1) is 6.92 Å². The zero-order chi connectivity index (χ0) is 12.4. The molecule has 0 bridgehead atoms. The van der Waals surface area contributed by atoms with Crippen molar-refractivity contribution in [1.82, 2.24) is 4.98 Å². The Kier molecular flexibility index (Phi) is 2.95. The van der Waals surface area contributed by atoms with E-state index >= 15 is 0 Å². The fourth-order valence-corrected chi connectivity index (χ4v) is 1.72. The summed E-state index contributed by atoms with van der Waals surface area (Å²) in [7, 11) is 2.96. The molecular weight excluding hydrogens is 218 g/mol. The molecule has 4 nitrogen and oxygen atoms in total. The highest BCUT2D eigenvalue weighted by Crippen LogP contribution is 2.23. The summed E-state index contributed by atoms with van der Waals surface area (Å²) in [6, 6.07) is 7.25. The molecule has 1 heterocycles. The Morgan fingerprint density at radius 1 is 1.24 bits per heavy atom. The summed E-state index contributed by atoms with van der Waals surface area (Å²) in [6.45, 7) is 1.93. The molecule has 1 aromatic carbocycles. The Bertz CT molecular complexity index is 578. The van der Waals surface area contributed by atoms with Crippen molar-refractivity contribution in [3.63, 3.8) is 0 Å². The molecule has 17 heavy (non-hydrogen) atoms. The van der Waals surface area contributed by atoms with Crippen molar-refractivity contribution in [3.8, 4) is 5.75 Å². The van der Waals surface area contributed by atoms with E-state index in [1.54, 1.807) is 13.2 Å². The standard InChI is InChI=1S/C13H13NO3/c1-8-6-10(16-2)7-9-4-5-11(13(15)17-3)14-12(8)9/h4-7H,1-3H3. The number of carbonyl (C=O) groups is 1. The number of methoxy groups -OCH3 is 2. The summed E-state index contributed by atoms with van der Waals surface area (Å²) in [6.07, 6.45) is 0. The number of benzene rings is 1. The van der Waals surface area contributed by atoms with Gasteiger partial charge in [0.05, 0.1) is 19.7 Å². The highest BCUT2D eigenvalue weighted by atomic mass is 16.5. The predicted molar refractivity (Wildman–Crippen MR) is 64.4 cm³/mol. The summed E-state index contributed by atoms with van der Waals surface area (Å²) >= 11 is 0. The van der Waals surface area contributed by atoms with Crippen LogP contribution in [0.3, 0.4) is 0 Å². The van der Waals surface area contributed by atoms with Gasteiger partial charge < -0.3 is 9.47 Å². The number of hydrogen-bond donors (Lipinski definition) is 0. The second-order valence-corrected chi connectivity index (χ2v) is 3.70. The number of hydrogen-bond acceptors (Lipinski definition) is 4. The molecule has 4 heteroatoms. The van der Waals surface area contributed by atoms with Crippen molar-refractivity contribution in [2.24, 2.45) is 0 Å². The van der Waals surface area contributed by atoms with Crippen LogP contribution in [-0.2, 0) is 4.74 Å². The molecule has 0 aliphatic rings. The zero-order valence-corrected chi connectivity index (χ0v) is 9.98. The van der Waals surface area contributed by atoms with Gasteiger partial charge in [0.25, 0.3) is 0 Å². The summed E-state index contributed by atoms with van der Waals surface area (Å²) in [5.74, 6) is 0.352. The number of ether oxygens (including phenoxy) is 2. The van der Waals surface area contributed by atoms with Crippen LogP contribution < -0.4 is 4.74 Å². The number of aromatic nitrogens is 1. The molecule has 0 atom stereocenters. The largest absolute Gasteiger partial charge is 0.497 e. The van der Waals surface area contributed by atoms with E-state index in [-0.39, 0.29) is 0 Å². The number of pyridine rings is 1. The van der Waals surface area contributed by atoms with Gasteiger partial charge in [0.1, 0.15) is 11.4 Å². The van der Waals surface area contributed by atoms with E-state index in [2.05, 4.69) is 9.72 Å². The van der Waals surface area contributed by atoms with Gasteiger partial charge in [-0.15, -0.1) is 0 Å². The molecule has 0 unspecified atom stereocenters. The third-order valence-electron chi connectivity index (χ3n) is 2.59. The molecule has 0 fully saturated rings. The number of fused-ring (bicyclic) bond motifs is 1. The van der Waals surface area contributed by atoms with E-state index in [4.69, 9.17) is 4.74 Å². The van der Waals surface area contributed by atoms with Gasteiger partial charge in [0, 0.05) is 5.39 Å². The van der Waals surface area contributed by atoms with Gasteiger partial charge in [-0.1, -0.05) is 6.07 Å². The Morgan fingerprint density at radius 3 is 2.65 bits per heavy atom. The second kappa shape index (κ2) is 4.41. The van der Waals surface area contributed by atoms with Crippen LogP contribution in [0.25, 0.3) is 10.9 Å². The molecule has 1 aromatic heterocycles. The molecule has 88 valence electrons. The normalized spacial score (nSPS) is 10.3. The van der Waals surface area contributed by atoms with Crippen molar-refractivity contribution in [1.29, 1.82) is 0 Å². The zero-order valence-electron chi connectivity index (χ0n) is 9.98. The van der Waals surface area contributed by atoms with Crippen molar-refractivity contribution < 1.29 is 14.3 Å². The first-order chi connectivity index (χ1) is 8.15. The van der Waals surface area contributed by atoms with Crippen molar-refractivity contribution in [2.75, 3.05) is 14.2 Å². The molecule has 0 aliphatic heterocycles. The third-order valence-corrected chi connectivity index (χ3v) is 2.59. The first kappa shape index (κ1) is 11.4. The van der Waals surface area contributed by atoms with Crippen LogP contribution in [0.15, 0.2) is 24.3 Å². The lowest BCUT2D eigenvalue weighted by Gasteiger charge is -2.07. The molecular formula is C13H13NO3. The average molecular weight is 231 g/mol. The van der Waals surface area contributed by atoms with E-state index in [1.165, 1.54) is 7.11 Å². The van der Waals surface area contributed by atoms with Gasteiger partial charge in [-0.05, 0) is 30.7 Å². The van der Waals surface area contributed by atoms with E-state index in [0.717, 1.165) is 22.2 Å². The average Bonchev–Trinajstić information content (AvgIpc) is 2.37. The number of aryl methyl sites for hydroxylation is 1. The maximum Gasteiger partial charge on any atom is 0.356 e. The number of rotatable bonds is 2. The van der Waals surface area contributed by atoms with Gasteiger partial charge in [-0.3, -0.25) is 0 Å². The van der Waals surface area contributed by atoms with Crippen LogP contribution in [0.4, 0.5) is 0 Å². The molecule has 0 saturated carbocycles. The molecule has 0 amide bonds. The fraction of sp³-hybridized carbons (Fsp3) is 0.231. The second-order valence-electron chi connectivity index (χ2n) is 3.70. The number of nitrogens with zero attached hydrogens (tertiary/aromatic N) is 1. The van der Waals surface area contributed by atoms with E-state index in [0.29, 0.717) is 5.69 Å². The van der Waals surface area contributed by atoms with Gasteiger partial charge in [-0.25, -0.2) is 9.78 Å². The minimum absolute atomic E-state index is 0.313. The van der Waals surface area contributed by atoms with Crippen LogP contribution in [0.2, 0.25) is 0 Å². The Morgan fingerprint density at radius 2 is 2.00 bits per heavy atom.